The quantitative estimate of drug-likeness (QED) is 0.831. The highest BCUT2D eigenvalue weighted by Crippen LogP contribution is 2.26. The molecule has 136 valence electrons. The van der Waals surface area contributed by atoms with Crippen LogP contribution in [0.1, 0.15) is 6.92 Å². The summed E-state index contributed by atoms with van der Waals surface area (Å²) in [6.45, 7) is 6.46. The first-order valence-corrected chi connectivity index (χ1v) is 8.60. The van der Waals surface area contributed by atoms with E-state index in [1.54, 1.807) is 17.3 Å². The molecular weight excluding hydrogens is 322 g/mol. The van der Waals surface area contributed by atoms with Crippen molar-refractivity contribution in [1.29, 1.82) is 0 Å². The smallest absolute Gasteiger partial charge is 0.255 e. The third-order valence-corrected chi connectivity index (χ3v) is 4.70. The molecule has 1 aromatic rings. The molecule has 0 saturated carbocycles. The standard InChI is InChI=1S/C17H25N5O3/c1-13(23)22-9-10-25-16(12-22)17(24)19-14-11-18-4-3-15(14)21-7-5-20(2)6-8-21/h3-4,11,16H,5-10,12H2,1-2H3,(H,19,24). The van der Waals surface area contributed by atoms with E-state index < -0.39 is 6.10 Å². The fourth-order valence-electron chi connectivity index (χ4n) is 3.11. The molecule has 2 aliphatic rings. The summed E-state index contributed by atoms with van der Waals surface area (Å²) in [5.41, 5.74) is 1.65. The van der Waals surface area contributed by atoms with Gasteiger partial charge >= 0.3 is 0 Å². The van der Waals surface area contributed by atoms with Gasteiger partial charge in [0.05, 0.1) is 30.7 Å². The molecule has 0 aliphatic carbocycles. The number of pyridine rings is 1. The Bertz CT molecular complexity index is 630. The molecule has 0 aromatic carbocycles. The monoisotopic (exact) mass is 347 g/mol. The predicted molar refractivity (Wildman–Crippen MR) is 94.6 cm³/mol. The zero-order valence-electron chi connectivity index (χ0n) is 14.8. The first-order valence-electron chi connectivity index (χ1n) is 8.60. The van der Waals surface area contributed by atoms with Crippen molar-refractivity contribution < 1.29 is 14.3 Å². The highest BCUT2D eigenvalue weighted by molar-refractivity contribution is 5.97. The van der Waals surface area contributed by atoms with E-state index in [4.69, 9.17) is 4.74 Å². The van der Waals surface area contributed by atoms with Gasteiger partial charge in [-0.05, 0) is 13.1 Å². The number of nitrogens with one attached hydrogen (secondary N) is 1. The van der Waals surface area contributed by atoms with Crippen molar-refractivity contribution in [3.63, 3.8) is 0 Å². The van der Waals surface area contributed by atoms with E-state index in [2.05, 4.69) is 27.1 Å². The Kier molecular flexibility index (Phi) is 5.50. The topological polar surface area (TPSA) is 78.0 Å². The van der Waals surface area contributed by atoms with Gasteiger partial charge in [-0.3, -0.25) is 14.6 Å². The van der Waals surface area contributed by atoms with Crippen molar-refractivity contribution in [3.05, 3.63) is 18.5 Å². The second-order valence-electron chi connectivity index (χ2n) is 6.50. The zero-order valence-corrected chi connectivity index (χ0v) is 14.8. The molecule has 8 heteroatoms. The molecule has 3 heterocycles. The summed E-state index contributed by atoms with van der Waals surface area (Å²) in [5, 5.41) is 2.93. The van der Waals surface area contributed by atoms with E-state index in [0.717, 1.165) is 31.9 Å². The van der Waals surface area contributed by atoms with Gasteiger partial charge in [-0.25, -0.2) is 0 Å². The number of amides is 2. The van der Waals surface area contributed by atoms with Crippen LogP contribution in [-0.2, 0) is 14.3 Å². The normalized spacial score (nSPS) is 21.9. The van der Waals surface area contributed by atoms with Crippen LogP contribution in [0.25, 0.3) is 0 Å². The van der Waals surface area contributed by atoms with E-state index in [1.807, 2.05) is 6.07 Å². The van der Waals surface area contributed by atoms with Crippen molar-refractivity contribution in [2.24, 2.45) is 0 Å². The molecular formula is C17H25N5O3. The Morgan fingerprint density at radius 2 is 2.00 bits per heavy atom. The molecule has 25 heavy (non-hydrogen) atoms. The molecule has 1 N–H and O–H groups in total. The first kappa shape index (κ1) is 17.6. The Labute approximate surface area is 147 Å². The molecule has 0 bridgehead atoms. The minimum absolute atomic E-state index is 0.0411. The average Bonchev–Trinajstić information content (AvgIpc) is 2.63. The van der Waals surface area contributed by atoms with Gasteiger partial charge in [0.2, 0.25) is 5.91 Å². The molecule has 1 unspecified atom stereocenters. The van der Waals surface area contributed by atoms with Crippen molar-refractivity contribution >= 4 is 23.2 Å². The van der Waals surface area contributed by atoms with Crippen LogP contribution in [0.3, 0.4) is 0 Å². The molecule has 1 atom stereocenters. The van der Waals surface area contributed by atoms with Gasteiger partial charge < -0.3 is 24.8 Å². The van der Waals surface area contributed by atoms with Crippen LogP contribution in [-0.4, -0.2) is 85.6 Å². The second-order valence-corrected chi connectivity index (χ2v) is 6.50. The predicted octanol–water partition coefficient (Wildman–Crippen LogP) is 0.0192. The van der Waals surface area contributed by atoms with Crippen molar-refractivity contribution in [2.75, 3.05) is 63.1 Å². The Morgan fingerprint density at radius 1 is 1.24 bits per heavy atom. The molecule has 2 amide bonds. The Balaban J connectivity index is 1.68. The van der Waals surface area contributed by atoms with Crippen molar-refractivity contribution in [3.8, 4) is 0 Å². The lowest BCUT2D eigenvalue weighted by atomic mass is 10.2. The van der Waals surface area contributed by atoms with Crippen LogP contribution in [0, 0.1) is 0 Å². The molecule has 2 saturated heterocycles. The van der Waals surface area contributed by atoms with Crippen LogP contribution in [0.5, 0.6) is 0 Å². The summed E-state index contributed by atoms with van der Waals surface area (Å²) in [4.78, 5) is 34.4. The highest BCUT2D eigenvalue weighted by atomic mass is 16.5. The van der Waals surface area contributed by atoms with Crippen molar-refractivity contribution in [1.82, 2.24) is 14.8 Å². The third kappa shape index (κ3) is 4.26. The largest absolute Gasteiger partial charge is 0.367 e. The maximum atomic E-state index is 12.6. The second kappa shape index (κ2) is 7.79. The minimum Gasteiger partial charge on any atom is -0.367 e. The van der Waals surface area contributed by atoms with Crippen LogP contribution >= 0.6 is 0 Å². The van der Waals surface area contributed by atoms with Crippen LogP contribution in [0.4, 0.5) is 11.4 Å². The SMILES string of the molecule is CC(=O)N1CCOC(C(=O)Nc2cnccc2N2CCN(C)CC2)C1. The average molecular weight is 347 g/mol. The molecule has 2 fully saturated rings. The molecule has 3 rings (SSSR count). The fraction of sp³-hybridized carbons (Fsp3) is 0.588. The Hall–Kier alpha value is -2.19. The Morgan fingerprint density at radius 3 is 2.72 bits per heavy atom. The summed E-state index contributed by atoms with van der Waals surface area (Å²) in [7, 11) is 2.10. The number of rotatable bonds is 3. The summed E-state index contributed by atoms with van der Waals surface area (Å²) >= 11 is 0. The number of nitrogens with zero attached hydrogens (tertiary/aromatic N) is 4. The molecule has 0 radical (unpaired) electrons. The number of hydrogen-bond acceptors (Lipinski definition) is 6. The third-order valence-electron chi connectivity index (χ3n) is 4.70. The molecule has 8 nitrogen and oxygen atoms in total. The van der Waals surface area contributed by atoms with Crippen LogP contribution < -0.4 is 10.2 Å². The van der Waals surface area contributed by atoms with Gasteiger partial charge in [0.15, 0.2) is 6.10 Å². The van der Waals surface area contributed by atoms with Gasteiger partial charge in [-0.2, -0.15) is 0 Å². The summed E-state index contributed by atoms with van der Waals surface area (Å²) in [5.74, 6) is -0.282. The van der Waals surface area contributed by atoms with Gasteiger partial charge in [0, 0.05) is 45.8 Å². The number of piperazine rings is 1. The lowest BCUT2D eigenvalue weighted by Crippen LogP contribution is -2.49. The molecule has 0 spiro atoms. The van der Waals surface area contributed by atoms with Crippen LogP contribution in [0.15, 0.2) is 18.5 Å². The van der Waals surface area contributed by atoms with Crippen LogP contribution in [0.2, 0.25) is 0 Å². The number of ether oxygens (including phenoxy) is 1. The van der Waals surface area contributed by atoms with E-state index in [1.165, 1.54) is 6.92 Å². The summed E-state index contributed by atoms with van der Waals surface area (Å²) in [6, 6.07) is 1.92. The zero-order chi connectivity index (χ0) is 17.8. The number of carbonyl (C=O) groups is 2. The number of carbonyl (C=O) groups excluding carboxylic acids is 2. The lowest BCUT2D eigenvalue weighted by Gasteiger charge is -2.35. The molecule has 2 aliphatic heterocycles. The number of morpholine rings is 1. The van der Waals surface area contributed by atoms with Gasteiger partial charge in [0.1, 0.15) is 0 Å². The van der Waals surface area contributed by atoms with E-state index in [0.29, 0.717) is 18.8 Å². The maximum absolute atomic E-state index is 12.6. The first-order chi connectivity index (χ1) is 12.0. The van der Waals surface area contributed by atoms with Crippen molar-refractivity contribution in [2.45, 2.75) is 13.0 Å². The minimum atomic E-state index is -0.654. The maximum Gasteiger partial charge on any atom is 0.255 e. The number of likely N-dealkylation sites (N-methyl/N-ethyl adjacent to an activating group) is 1. The summed E-state index contributed by atoms with van der Waals surface area (Å²) < 4.78 is 5.55. The number of hydrogen-bond donors (Lipinski definition) is 1. The van der Waals surface area contributed by atoms with E-state index in [9.17, 15) is 9.59 Å². The number of aromatic nitrogens is 1. The van der Waals surface area contributed by atoms with E-state index >= 15 is 0 Å². The number of anilines is 2. The van der Waals surface area contributed by atoms with Gasteiger partial charge in [-0.1, -0.05) is 0 Å². The lowest BCUT2D eigenvalue weighted by molar-refractivity contribution is -0.143. The van der Waals surface area contributed by atoms with E-state index in [-0.39, 0.29) is 18.4 Å². The molecule has 1 aromatic heterocycles. The summed E-state index contributed by atoms with van der Waals surface area (Å²) in [6.07, 6.45) is 2.74. The van der Waals surface area contributed by atoms with Gasteiger partial charge in [-0.15, -0.1) is 0 Å². The van der Waals surface area contributed by atoms with Gasteiger partial charge in [0.25, 0.3) is 5.91 Å². The fourth-order valence-corrected chi connectivity index (χ4v) is 3.11. The highest BCUT2D eigenvalue weighted by Gasteiger charge is 2.29.